The van der Waals surface area contributed by atoms with Crippen molar-refractivity contribution >= 4 is 16.3 Å². The Bertz CT molecular complexity index is 540. The summed E-state index contributed by atoms with van der Waals surface area (Å²) in [6.07, 6.45) is 5.35. The Morgan fingerprint density at radius 3 is 2.31 bits per heavy atom. The molecule has 1 aliphatic heterocycles. The zero-order valence-electron chi connectivity index (χ0n) is 17.6. The van der Waals surface area contributed by atoms with E-state index in [4.69, 9.17) is 8.92 Å². The van der Waals surface area contributed by atoms with Crippen molar-refractivity contribution in [2.24, 2.45) is 5.92 Å². The van der Waals surface area contributed by atoms with Crippen molar-refractivity contribution < 1.29 is 13.7 Å². The van der Waals surface area contributed by atoms with Crippen LogP contribution in [0.5, 0.6) is 0 Å². The van der Waals surface area contributed by atoms with Gasteiger partial charge in [0.1, 0.15) is 0 Å². The molecular weight excluding hydrogens is 346 g/mol. The number of carbonyl (C=O) groups is 1. The summed E-state index contributed by atoms with van der Waals surface area (Å²) in [5.74, 6) is -0.00993. The summed E-state index contributed by atoms with van der Waals surface area (Å²) in [6.45, 7) is 12.3. The summed E-state index contributed by atoms with van der Waals surface area (Å²) >= 11 is 0. The van der Waals surface area contributed by atoms with E-state index in [9.17, 15) is 4.79 Å². The second-order valence-electron chi connectivity index (χ2n) is 7.98. The van der Waals surface area contributed by atoms with Crippen molar-refractivity contribution in [1.29, 1.82) is 0 Å². The molecule has 26 heavy (non-hydrogen) atoms. The third kappa shape index (κ3) is 7.29. The van der Waals surface area contributed by atoms with Crippen molar-refractivity contribution in [1.82, 2.24) is 4.90 Å². The van der Waals surface area contributed by atoms with Crippen LogP contribution in [0.1, 0.15) is 39.7 Å². The monoisotopic (exact) mass is 383 g/mol. The summed E-state index contributed by atoms with van der Waals surface area (Å²) in [5, 5.41) is 0. The van der Waals surface area contributed by atoms with Gasteiger partial charge in [-0.15, -0.1) is 10.3 Å². The number of hydrogen-bond donors (Lipinski definition) is 0. The highest BCUT2D eigenvalue weighted by Gasteiger charge is 2.29. The lowest BCUT2D eigenvalue weighted by atomic mass is 10.1. The molecule has 1 saturated heterocycles. The SMILES string of the molecule is CCOS(C)(C)C(C)(C)C.COC(=O)C1CCN(Cc2ccccc2)C1. The molecule has 0 saturated carbocycles. The molecule has 150 valence electrons. The van der Waals surface area contributed by atoms with Gasteiger partial charge in [-0.1, -0.05) is 51.1 Å². The van der Waals surface area contributed by atoms with Crippen molar-refractivity contribution in [3.8, 4) is 0 Å². The maximum Gasteiger partial charge on any atom is 0.310 e. The molecule has 1 aromatic rings. The zero-order valence-corrected chi connectivity index (χ0v) is 18.4. The number of nitrogens with zero attached hydrogens (tertiary/aromatic N) is 1. The first-order valence-electron chi connectivity index (χ1n) is 9.32. The molecule has 0 N–H and O–H groups in total. The highest BCUT2D eigenvalue weighted by molar-refractivity contribution is 8.29. The van der Waals surface area contributed by atoms with Crippen LogP contribution in [0.15, 0.2) is 30.3 Å². The van der Waals surface area contributed by atoms with Crippen molar-refractivity contribution in [2.75, 3.05) is 39.3 Å². The smallest absolute Gasteiger partial charge is 0.310 e. The zero-order chi connectivity index (χ0) is 19.8. The van der Waals surface area contributed by atoms with E-state index in [1.807, 2.05) is 18.2 Å². The number of ether oxygens (including phenoxy) is 1. The Balaban J connectivity index is 0.000000294. The fraction of sp³-hybridized carbons (Fsp3) is 0.667. The van der Waals surface area contributed by atoms with Crippen LogP contribution >= 0.6 is 10.3 Å². The molecule has 5 heteroatoms. The van der Waals surface area contributed by atoms with E-state index in [1.54, 1.807) is 0 Å². The molecule has 4 nitrogen and oxygen atoms in total. The van der Waals surface area contributed by atoms with Gasteiger partial charge in [0.05, 0.1) is 19.6 Å². The number of likely N-dealkylation sites (tertiary alicyclic amines) is 1. The summed E-state index contributed by atoms with van der Waals surface area (Å²) in [6, 6.07) is 10.3. The molecule has 0 amide bonds. The van der Waals surface area contributed by atoms with Gasteiger partial charge in [-0.25, -0.2) is 0 Å². The van der Waals surface area contributed by atoms with Gasteiger partial charge < -0.3 is 8.92 Å². The Morgan fingerprint density at radius 2 is 1.85 bits per heavy atom. The second kappa shape index (κ2) is 10.3. The standard InChI is InChI=1S/C13H17NO2.C8H20OS/c1-16-13(15)12-7-8-14(10-12)9-11-5-3-2-4-6-11;1-7-9-10(5,6)8(2,3)4/h2-6,12H,7-10H2,1H3;7H2,1-6H3. The van der Waals surface area contributed by atoms with Crippen molar-refractivity contribution in [3.63, 3.8) is 0 Å². The number of esters is 1. The molecule has 1 atom stereocenters. The minimum atomic E-state index is -0.848. The lowest BCUT2D eigenvalue weighted by Gasteiger charge is -2.43. The summed E-state index contributed by atoms with van der Waals surface area (Å²) < 4.78 is 10.8. The molecule has 1 aromatic carbocycles. The lowest BCUT2D eigenvalue weighted by molar-refractivity contribution is -0.144. The van der Waals surface area contributed by atoms with E-state index >= 15 is 0 Å². The van der Waals surface area contributed by atoms with Crippen LogP contribution in [-0.2, 0) is 20.3 Å². The highest BCUT2D eigenvalue weighted by Crippen LogP contribution is 2.53. The van der Waals surface area contributed by atoms with E-state index in [1.165, 1.54) is 12.7 Å². The van der Waals surface area contributed by atoms with Crippen molar-refractivity contribution in [2.45, 2.75) is 45.4 Å². The predicted molar refractivity (Wildman–Crippen MR) is 113 cm³/mol. The lowest BCUT2D eigenvalue weighted by Crippen LogP contribution is -2.24. The van der Waals surface area contributed by atoms with E-state index < -0.39 is 10.3 Å². The minimum Gasteiger partial charge on any atom is -0.469 e. The largest absolute Gasteiger partial charge is 0.469 e. The average molecular weight is 384 g/mol. The molecule has 0 aliphatic carbocycles. The molecule has 0 radical (unpaired) electrons. The van der Waals surface area contributed by atoms with Gasteiger partial charge in [-0.3, -0.25) is 9.69 Å². The molecule has 0 spiro atoms. The van der Waals surface area contributed by atoms with E-state index in [0.717, 1.165) is 32.7 Å². The Hall–Kier alpha value is -1.04. The van der Waals surface area contributed by atoms with Gasteiger partial charge in [-0.2, -0.15) is 0 Å². The summed E-state index contributed by atoms with van der Waals surface area (Å²) in [4.78, 5) is 13.7. The van der Waals surface area contributed by atoms with Crippen molar-refractivity contribution in [3.05, 3.63) is 35.9 Å². The van der Waals surface area contributed by atoms with Crippen LogP contribution in [-0.4, -0.2) is 54.9 Å². The Labute approximate surface area is 161 Å². The summed E-state index contributed by atoms with van der Waals surface area (Å²) in [5.41, 5.74) is 1.30. The Morgan fingerprint density at radius 1 is 1.23 bits per heavy atom. The van der Waals surface area contributed by atoms with Crippen LogP contribution in [0.2, 0.25) is 0 Å². The summed E-state index contributed by atoms with van der Waals surface area (Å²) in [7, 11) is 0.613. The Kier molecular flexibility index (Phi) is 9.14. The number of carbonyl (C=O) groups excluding carboxylic acids is 1. The normalized spacial score (nSPS) is 18.8. The molecule has 1 unspecified atom stereocenters. The third-order valence-electron chi connectivity index (χ3n) is 4.94. The maximum absolute atomic E-state index is 11.4. The van der Waals surface area contributed by atoms with E-state index in [2.05, 4.69) is 57.2 Å². The van der Waals surface area contributed by atoms with E-state index in [-0.39, 0.29) is 11.9 Å². The first kappa shape index (κ1) is 23.0. The van der Waals surface area contributed by atoms with Crippen LogP contribution in [0.4, 0.5) is 0 Å². The van der Waals surface area contributed by atoms with Gasteiger partial charge >= 0.3 is 5.97 Å². The topological polar surface area (TPSA) is 38.8 Å². The van der Waals surface area contributed by atoms with Gasteiger partial charge in [-0.05, 0) is 38.0 Å². The van der Waals surface area contributed by atoms with Gasteiger partial charge in [0.2, 0.25) is 0 Å². The first-order chi connectivity index (χ1) is 12.1. The number of hydrogen-bond acceptors (Lipinski definition) is 4. The number of rotatable bonds is 5. The number of methoxy groups -OCH3 is 1. The van der Waals surface area contributed by atoms with Gasteiger partial charge in [0.25, 0.3) is 0 Å². The van der Waals surface area contributed by atoms with Crippen LogP contribution < -0.4 is 0 Å². The van der Waals surface area contributed by atoms with Crippen LogP contribution in [0.25, 0.3) is 0 Å². The molecule has 2 rings (SSSR count). The fourth-order valence-corrected chi connectivity index (χ4v) is 3.59. The van der Waals surface area contributed by atoms with Gasteiger partial charge in [0.15, 0.2) is 0 Å². The molecular formula is C21H37NO3S. The van der Waals surface area contributed by atoms with Crippen LogP contribution in [0, 0.1) is 5.92 Å². The molecule has 1 heterocycles. The second-order valence-corrected chi connectivity index (χ2v) is 11.9. The quantitative estimate of drug-likeness (QED) is 0.703. The predicted octanol–water partition coefficient (Wildman–Crippen LogP) is 4.48. The van der Waals surface area contributed by atoms with Crippen LogP contribution in [0.3, 0.4) is 0 Å². The maximum atomic E-state index is 11.4. The third-order valence-corrected chi connectivity index (χ3v) is 8.72. The minimum absolute atomic E-state index is 0.0636. The van der Waals surface area contributed by atoms with Gasteiger partial charge in [0, 0.05) is 17.8 Å². The molecule has 1 aliphatic rings. The molecule has 1 fully saturated rings. The average Bonchev–Trinajstić information content (AvgIpc) is 3.03. The van der Waals surface area contributed by atoms with E-state index in [0.29, 0.717) is 4.75 Å². The molecule has 0 bridgehead atoms. The fourth-order valence-electron chi connectivity index (χ4n) is 2.65. The molecule has 0 aromatic heterocycles. The highest BCUT2D eigenvalue weighted by atomic mass is 32.3. The number of benzene rings is 1. The first-order valence-corrected chi connectivity index (χ1v) is 11.7.